The number of rotatable bonds is 1. The third-order valence-corrected chi connectivity index (χ3v) is 3.73. The van der Waals surface area contributed by atoms with Gasteiger partial charge in [-0.15, -0.1) is 0 Å². The Morgan fingerprint density at radius 1 is 0.650 bits per heavy atom. The number of hydrogen-bond acceptors (Lipinski definition) is 1. The smallest absolute Gasteiger partial charge is 0.135 e. The summed E-state index contributed by atoms with van der Waals surface area (Å²) in [6.45, 7) is 2.11. The Morgan fingerprint density at radius 2 is 1.35 bits per heavy atom. The summed E-state index contributed by atoms with van der Waals surface area (Å²) < 4.78 is 5.90. The number of aryl methyl sites for hydroxylation is 1. The van der Waals surface area contributed by atoms with E-state index in [9.17, 15) is 0 Å². The normalized spacial score (nSPS) is 11.2. The van der Waals surface area contributed by atoms with Crippen molar-refractivity contribution in [2.24, 2.45) is 0 Å². The van der Waals surface area contributed by atoms with E-state index in [1.807, 2.05) is 12.1 Å². The first-order chi connectivity index (χ1) is 9.81. The molecule has 4 rings (SSSR count). The van der Waals surface area contributed by atoms with E-state index in [1.165, 1.54) is 27.5 Å². The lowest BCUT2D eigenvalue weighted by atomic mass is 10.0. The summed E-state index contributed by atoms with van der Waals surface area (Å²) in [4.78, 5) is 0. The summed E-state index contributed by atoms with van der Waals surface area (Å²) >= 11 is 0. The van der Waals surface area contributed by atoms with Crippen LogP contribution in [0.15, 0.2) is 71.1 Å². The predicted octanol–water partition coefficient (Wildman–Crippen LogP) is 5.56. The molecule has 1 heteroatoms. The Balaban J connectivity index is 2.03. The van der Waals surface area contributed by atoms with Gasteiger partial charge < -0.3 is 4.42 Å². The van der Waals surface area contributed by atoms with Crippen LogP contribution in [0.3, 0.4) is 0 Å². The molecule has 0 aliphatic carbocycles. The highest BCUT2D eigenvalue weighted by Crippen LogP contribution is 2.32. The van der Waals surface area contributed by atoms with Crippen molar-refractivity contribution in [1.82, 2.24) is 0 Å². The van der Waals surface area contributed by atoms with Gasteiger partial charge in [0.2, 0.25) is 0 Å². The molecule has 0 N–H and O–H groups in total. The van der Waals surface area contributed by atoms with Crippen molar-refractivity contribution in [2.45, 2.75) is 6.92 Å². The molecule has 0 atom stereocenters. The fourth-order valence-electron chi connectivity index (χ4n) is 2.70. The molecule has 0 aliphatic heterocycles. The molecule has 0 fully saturated rings. The summed E-state index contributed by atoms with van der Waals surface area (Å²) in [5, 5.41) is 2.38. The molecule has 3 aromatic carbocycles. The molecule has 0 saturated heterocycles. The van der Waals surface area contributed by atoms with E-state index in [4.69, 9.17) is 4.42 Å². The number of furan rings is 1. The van der Waals surface area contributed by atoms with Crippen LogP contribution in [0.25, 0.3) is 33.1 Å². The molecule has 0 aliphatic rings. The van der Waals surface area contributed by atoms with E-state index in [1.54, 1.807) is 0 Å². The van der Waals surface area contributed by atoms with Crippen LogP contribution >= 0.6 is 0 Å². The average molecular weight is 258 g/mol. The number of fused-ring (bicyclic) bond motifs is 3. The molecule has 4 aromatic rings. The standard InChI is InChI=1S/C19H14O/c1-13-7-9-18-16(11-13)17-12-15(8-10-19(17)20-18)14-5-3-2-4-6-14/h2-12H,1H3. The zero-order valence-corrected chi connectivity index (χ0v) is 11.3. The Bertz CT molecular complexity index is 901. The summed E-state index contributed by atoms with van der Waals surface area (Å²) in [5.41, 5.74) is 5.62. The fourth-order valence-corrected chi connectivity index (χ4v) is 2.70. The average Bonchev–Trinajstić information content (AvgIpc) is 2.85. The summed E-state index contributed by atoms with van der Waals surface area (Å²) in [6.07, 6.45) is 0. The van der Waals surface area contributed by atoms with Gasteiger partial charge in [0.05, 0.1) is 0 Å². The van der Waals surface area contributed by atoms with Crippen LogP contribution in [0, 0.1) is 6.92 Å². The minimum absolute atomic E-state index is 0.949. The predicted molar refractivity (Wildman–Crippen MR) is 83.9 cm³/mol. The molecule has 0 unspecified atom stereocenters. The molecule has 0 bridgehead atoms. The Morgan fingerprint density at radius 3 is 2.15 bits per heavy atom. The van der Waals surface area contributed by atoms with Crippen molar-refractivity contribution in [3.8, 4) is 11.1 Å². The topological polar surface area (TPSA) is 13.1 Å². The van der Waals surface area contributed by atoms with Crippen molar-refractivity contribution < 1.29 is 4.42 Å². The molecule has 0 spiro atoms. The molecule has 0 radical (unpaired) electrons. The Kier molecular flexibility index (Phi) is 2.40. The van der Waals surface area contributed by atoms with Gasteiger partial charge in [-0.25, -0.2) is 0 Å². The van der Waals surface area contributed by atoms with Gasteiger partial charge in [0, 0.05) is 10.8 Å². The molecular weight excluding hydrogens is 244 g/mol. The van der Waals surface area contributed by atoms with E-state index in [-0.39, 0.29) is 0 Å². The minimum atomic E-state index is 0.949. The van der Waals surface area contributed by atoms with Crippen molar-refractivity contribution in [1.29, 1.82) is 0 Å². The Labute approximate surface area is 117 Å². The lowest BCUT2D eigenvalue weighted by Crippen LogP contribution is -1.76. The second-order valence-electron chi connectivity index (χ2n) is 5.18. The number of hydrogen-bond donors (Lipinski definition) is 0. The maximum atomic E-state index is 5.90. The van der Waals surface area contributed by atoms with E-state index in [0.29, 0.717) is 0 Å². The van der Waals surface area contributed by atoms with Gasteiger partial charge in [-0.1, -0.05) is 48.0 Å². The molecular formula is C19H14O. The second kappa shape index (κ2) is 4.24. The number of benzene rings is 3. The van der Waals surface area contributed by atoms with Crippen molar-refractivity contribution in [2.75, 3.05) is 0 Å². The third-order valence-electron chi connectivity index (χ3n) is 3.73. The first kappa shape index (κ1) is 11.3. The maximum Gasteiger partial charge on any atom is 0.135 e. The van der Waals surface area contributed by atoms with Gasteiger partial charge in [0.25, 0.3) is 0 Å². The highest BCUT2D eigenvalue weighted by molar-refractivity contribution is 6.06. The van der Waals surface area contributed by atoms with Crippen LogP contribution in [0.1, 0.15) is 5.56 Å². The van der Waals surface area contributed by atoms with Gasteiger partial charge in [-0.05, 0) is 42.3 Å². The third kappa shape index (κ3) is 1.71. The molecule has 1 aromatic heterocycles. The summed E-state index contributed by atoms with van der Waals surface area (Å²) in [5.74, 6) is 0. The summed E-state index contributed by atoms with van der Waals surface area (Å²) in [7, 11) is 0. The van der Waals surface area contributed by atoms with Gasteiger partial charge in [0.15, 0.2) is 0 Å². The van der Waals surface area contributed by atoms with E-state index >= 15 is 0 Å². The second-order valence-corrected chi connectivity index (χ2v) is 5.18. The van der Waals surface area contributed by atoms with Crippen LogP contribution in [0.5, 0.6) is 0 Å². The Hall–Kier alpha value is -2.54. The highest BCUT2D eigenvalue weighted by Gasteiger charge is 2.08. The first-order valence-corrected chi connectivity index (χ1v) is 6.79. The van der Waals surface area contributed by atoms with E-state index < -0.39 is 0 Å². The van der Waals surface area contributed by atoms with Crippen molar-refractivity contribution >= 4 is 21.9 Å². The van der Waals surface area contributed by atoms with Crippen LogP contribution in [0.4, 0.5) is 0 Å². The lowest BCUT2D eigenvalue weighted by Gasteiger charge is -2.01. The molecule has 0 amide bonds. The first-order valence-electron chi connectivity index (χ1n) is 6.79. The van der Waals surface area contributed by atoms with Crippen LogP contribution in [-0.2, 0) is 0 Å². The molecule has 96 valence electrons. The van der Waals surface area contributed by atoms with Gasteiger partial charge in [-0.2, -0.15) is 0 Å². The molecule has 0 saturated carbocycles. The van der Waals surface area contributed by atoms with Gasteiger partial charge in [-0.3, -0.25) is 0 Å². The van der Waals surface area contributed by atoms with Crippen LogP contribution in [-0.4, -0.2) is 0 Å². The van der Waals surface area contributed by atoms with Gasteiger partial charge >= 0.3 is 0 Å². The summed E-state index contributed by atoms with van der Waals surface area (Å²) in [6, 6.07) is 23.2. The monoisotopic (exact) mass is 258 g/mol. The minimum Gasteiger partial charge on any atom is -0.456 e. The molecule has 1 heterocycles. The van der Waals surface area contributed by atoms with E-state index in [2.05, 4.69) is 61.5 Å². The largest absolute Gasteiger partial charge is 0.456 e. The quantitative estimate of drug-likeness (QED) is 0.435. The maximum absolute atomic E-state index is 5.90. The zero-order valence-electron chi connectivity index (χ0n) is 11.3. The van der Waals surface area contributed by atoms with Crippen molar-refractivity contribution in [3.63, 3.8) is 0 Å². The van der Waals surface area contributed by atoms with Crippen LogP contribution < -0.4 is 0 Å². The SMILES string of the molecule is Cc1ccc2oc3ccc(-c4ccccc4)cc3c2c1. The molecule has 20 heavy (non-hydrogen) atoms. The zero-order chi connectivity index (χ0) is 13.5. The van der Waals surface area contributed by atoms with Crippen molar-refractivity contribution in [3.05, 3.63) is 72.3 Å². The lowest BCUT2D eigenvalue weighted by molar-refractivity contribution is 0.669. The van der Waals surface area contributed by atoms with Gasteiger partial charge in [0.1, 0.15) is 11.2 Å². The van der Waals surface area contributed by atoms with Crippen LogP contribution in [0.2, 0.25) is 0 Å². The molecule has 1 nitrogen and oxygen atoms in total. The highest BCUT2D eigenvalue weighted by atomic mass is 16.3. The fraction of sp³-hybridized carbons (Fsp3) is 0.0526. The van der Waals surface area contributed by atoms with E-state index in [0.717, 1.165) is 11.2 Å².